The number of amides is 1. The third kappa shape index (κ3) is 4.80. The van der Waals surface area contributed by atoms with Gasteiger partial charge in [0.15, 0.2) is 0 Å². The van der Waals surface area contributed by atoms with Crippen molar-refractivity contribution in [3.8, 4) is 5.69 Å². The standard InChI is InChI=1S/C26H29BrN4O3/c1-18-13-22(27)5-6-23(18)31-16-24(28-29-31)26(33)8-2-10-30(11-9-26)25(32)15-19-3-4-21-17-34-12-7-20(21)14-19/h3-6,13-14,16,33H,2,7-12,15,17H2,1H3. The molecular weight excluding hydrogens is 496 g/mol. The Morgan fingerprint density at radius 2 is 2.06 bits per heavy atom. The van der Waals surface area contributed by atoms with Gasteiger partial charge in [-0.15, -0.1) is 5.10 Å². The van der Waals surface area contributed by atoms with E-state index in [1.54, 1.807) is 4.68 Å². The van der Waals surface area contributed by atoms with Crippen molar-refractivity contribution in [1.82, 2.24) is 19.9 Å². The number of carbonyl (C=O) groups is 1. The van der Waals surface area contributed by atoms with E-state index in [0.29, 0.717) is 51.1 Å². The Kier molecular flexibility index (Phi) is 6.55. The molecule has 1 aromatic heterocycles. The molecule has 1 N–H and O–H groups in total. The highest BCUT2D eigenvalue weighted by molar-refractivity contribution is 9.10. The van der Waals surface area contributed by atoms with E-state index in [9.17, 15) is 9.90 Å². The van der Waals surface area contributed by atoms with Crippen LogP contribution < -0.4 is 0 Å². The molecule has 1 atom stereocenters. The van der Waals surface area contributed by atoms with Gasteiger partial charge >= 0.3 is 0 Å². The minimum absolute atomic E-state index is 0.102. The van der Waals surface area contributed by atoms with E-state index >= 15 is 0 Å². The minimum atomic E-state index is -1.09. The van der Waals surface area contributed by atoms with E-state index in [-0.39, 0.29) is 5.91 Å². The van der Waals surface area contributed by atoms with Crippen LogP contribution in [0.4, 0.5) is 0 Å². The van der Waals surface area contributed by atoms with Crippen molar-refractivity contribution in [1.29, 1.82) is 0 Å². The van der Waals surface area contributed by atoms with Crippen molar-refractivity contribution in [2.75, 3.05) is 19.7 Å². The third-order valence-electron chi connectivity index (χ3n) is 6.94. The first-order chi connectivity index (χ1) is 16.4. The maximum Gasteiger partial charge on any atom is 0.226 e. The number of nitrogens with zero attached hydrogens (tertiary/aromatic N) is 4. The second kappa shape index (κ2) is 9.60. The summed E-state index contributed by atoms with van der Waals surface area (Å²) in [6, 6.07) is 12.2. The van der Waals surface area contributed by atoms with Crippen molar-refractivity contribution < 1.29 is 14.6 Å². The van der Waals surface area contributed by atoms with E-state index < -0.39 is 5.60 Å². The van der Waals surface area contributed by atoms with Crippen molar-refractivity contribution in [2.45, 2.75) is 51.2 Å². The summed E-state index contributed by atoms with van der Waals surface area (Å²) in [4.78, 5) is 15.0. The molecule has 1 amide bonds. The lowest BCUT2D eigenvalue weighted by Gasteiger charge is -2.25. The summed E-state index contributed by atoms with van der Waals surface area (Å²) in [5.74, 6) is 0.102. The lowest BCUT2D eigenvalue weighted by Crippen LogP contribution is -2.34. The predicted octanol–water partition coefficient (Wildman–Crippen LogP) is 3.85. The summed E-state index contributed by atoms with van der Waals surface area (Å²) >= 11 is 3.49. The molecule has 2 aromatic carbocycles. The molecule has 0 aliphatic carbocycles. The molecule has 8 heteroatoms. The van der Waals surface area contributed by atoms with Gasteiger partial charge < -0.3 is 14.7 Å². The maximum absolute atomic E-state index is 13.1. The number of halogens is 1. The van der Waals surface area contributed by atoms with Crippen LogP contribution in [-0.4, -0.2) is 50.6 Å². The fraction of sp³-hybridized carbons (Fsp3) is 0.423. The highest BCUT2D eigenvalue weighted by atomic mass is 79.9. The van der Waals surface area contributed by atoms with Crippen LogP contribution in [-0.2, 0) is 34.6 Å². The lowest BCUT2D eigenvalue weighted by atomic mass is 9.92. The zero-order valence-electron chi connectivity index (χ0n) is 19.3. The Bertz CT molecular complexity index is 1210. The van der Waals surface area contributed by atoms with Crippen LogP contribution >= 0.6 is 15.9 Å². The van der Waals surface area contributed by atoms with Gasteiger partial charge in [-0.1, -0.05) is 39.3 Å². The number of aromatic nitrogens is 3. The number of hydrogen-bond acceptors (Lipinski definition) is 5. The molecule has 0 bridgehead atoms. The van der Waals surface area contributed by atoms with Crippen molar-refractivity contribution in [2.24, 2.45) is 0 Å². The zero-order chi connectivity index (χ0) is 23.7. The number of ether oxygens (including phenoxy) is 1. The van der Waals surface area contributed by atoms with E-state index in [4.69, 9.17) is 4.74 Å². The predicted molar refractivity (Wildman–Crippen MR) is 132 cm³/mol. The number of carbonyl (C=O) groups excluding carboxylic acids is 1. The van der Waals surface area contributed by atoms with Crippen LogP contribution in [0.1, 0.15) is 47.2 Å². The first-order valence-corrected chi connectivity index (χ1v) is 12.6. The average molecular weight is 525 g/mol. The molecule has 2 aliphatic rings. The van der Waals surface area contributed by atoms with Gasteiger partial charge in [-0.2, -0.15) is 0 Å². The fourth-order valence-electron chi connectivity index (χ4n) is 4.91. The Hall–Kier alpha value is -2.55. The number of rotatable bonds is 4. The molecule has 34 heavy (non-hydrogen) atoms. The molecule has 0 spiro atoms. The van der Waals surface area contributed by atoms with Gasteiger partial charge in [0.25, 0.3) is 0 Å². The van der Waals surface area contributed by atoms with E-state index in [1.165, 1.54) is 11.1 Å². The summed E-state index contributed by atoms with van der Waals surface area (Å²) in [6.07, 6.45) is 4.80. The number of likely N-dealkylation sites (tertiary alicyclic amines) is 1. The normalized spacial score (nSPS) is 20.6. The molecule has 178 valence electrons. The molecule has 7 nitrogen and oxygen atoms in total. The van der Waals surface area contributed by atoms with Crippen LogP contribution in [0.15, 0.2) is 47.1 Å². The van der Waals surface area contributed by atoms with E-state index in [1.807, 2.05) is 42.3 Å². The molecular formula is C26H29BrN4O3. The number of hydrogen-bond donors (Lipinski definition) is 1. The zero-order valence-corrected chi connectivity index (χ0v) is 20.9. The van der Waals surface area contributed by atoms with Gasteiger partial charge in [0.05, 0.1) is 31.5 Å². The molecule has 1 saturated heterocycles. The summed E-state index contributed by atoms with van der Waals surface area (Å²) < 4.78 is 8.22. The Labute approximate surface area is 207 Å². The van der Waals surface area contributed by atoms with Gasteiger partial charge in [0, 0.05) is 17.6 Å². The molecule has 3 heterocycles. The first-order valence-electron chi connectivity index (χ1n) is 11.8. The molecule has 3 aromatic rings. The van der Waals surface area contributed by atoms with Crippen LogP contribution in [0.25, 0.3) is 5.69 Å². The molecule has 1 fully saturated rings. The smallest absolute Gasteiger partial charge is 0.226 e. The van der Waals surface area contributed by atoms with Gasteiger partial charge in [-0.05, 0) is 73.1 Å². The number of aliphatic hydroxyl groups is 1. The maximum atomic E-state index is 13.1. The topological polar surface area (TPSA) is 80.5 Å². The van der Waals surface area contributed by atoms with Gasteiger partial charge in [0.1, 0.15) is 11.3 Å². The average Bonchev–Trinajstić information content (AvgIpc) is 3.23. The van der Waals surface area contributed by atoms with Crippen LogP contribution in [0.5, 0.6) is 0 Å². The Morgan fingerprint density at radius 1 is 1.18 bits per heavy atom. The minimum Gasteiger partial charge on any atom is -0.383 e. The van der Waals surface area contributed by atoms with Gasteiger partial charge in [-0.3, -0.25) is 4.79 Å². The highest BCUT2D eigenvalue weighted by Gasteiger charge is 2.36. The number of aryl methyl sites for hydroxylation is 1. The monoisotopic (exact) mass is 524 g/mol. The number of fused-ring (bicyclic) bond motifs is 1. The van der Waals surface area contributed by atoms with Crippen LogP contribution in [0.2, 0.25) is 0 Å². The molecule has 0 radical (unpaired) electrons. The second-order valence-electron chi connectivity index (χ2n) is 9.33. The molecule has 1 unspecified atom stereocenters. The SMILES string of the molecule is Cc1cc(Br)ccc1-n1cc(C2(O)CCCN(C(=O)Cc3ccc4c(c3)CCOC4)CC2)nn1. The first kappa shape index (κ1) is 23.2. The van der Waals surface area contributed by atoms with Crippen molar-refractivity contribution in [3.05, 3.63) is 75.0 Å². The summed E-state index contributed by atoms with van der Waals surface area (Å²) in [6.45, 7) is 4.54. The van der Waals surface area contributed by atoms with Gasteiger partial charge in [-0.25, -0.2) is 4.68 Å². The second-order valence-corrected chi connectivity index (χ2v) is 10.2. The number of benzene rings is 2. The quantitative estimate of drug-likeness (QED) is 0.560. The molecule has 2 aliphatic heterocycles. The van der Waals surface area contributed by atoms with Crippen molar-refractivity contribution >= 4 is 21.8 Å². The van der Waals surface area contributed by atoms with E-state index in [0.717, 1.165) is 34.3 Å². The van der Waals surface area contributed by atoms with Crippen LogP contribution in [0, 0.1) is 6.92 Å². The summed E-state index contributed by atoms with van der Waals surface area (Å²) in [5, 5.41) is 20.0. The Balaban J connectivity index is 1.26. The summed E-state index contributed by atoms with van der Waals surface area (Å²) in [5.41, 5.74) is 4.99. The van der Waals surface area contributed by atoms with Crippen LogP contribution in [0.3, 0.4) is 0 Å². The lowest BCUT2D eigenvalue weighted by molar-refractivity contribution is -0.130. The Morgan fingerprint density at radius 3 is 2.91 bits per heavy atom. The molecule has 0 saturated carbocycles. The van der Waals surface area contributed by atoms with Crippen molar-refractivity contribution in [3.63, 3.8) is 0 Å². The summed E-state index contributed by atoms with van der Waals surface area (Å²) in [7, 11) is 0. The van der Waals surface area contributed by atoms with Gasteiger partial charge in [0.2, 0.25) is 5.91 Å². The fourth-order valence-corrected chi connectivity index (χ4v) is 5.38. The highest BCUT2D eigenvalue weighted by Crippen LogP contribution is 2.32. The molecule has 5 rings (SSSR count). The van der Waals surface area contributed by atoms with E-state index in [2.05, 4.69) is 38.4 Å². The largest absolute Gasteiger partial charge is 0.383 e. The third-order valence-corrected chi connectivity index (χ3v) is 7.43.